The molecule has 1 atom stereocenters. The molecule has 7 heteroatoms. The van der Waals surface area contributed by atoms with Crippen LogP contribution < -0.4 is 5.73 Å². The fourth-order valence-corrected chi connectivity index (χ4v) is 3.53. The van der Waals surface area contributed by atoms with E-state index in [0.29, 0.717) is 0 Å². The van der Waals surface area contributed by atoms with Crippen LogP contribution in [0.5, 0.6) is 0 Å². The van der Waals surface area contributed by atoms with Gasteiger partial charge in [-0.2, -0.15) is 4.98 Å². The monoisotopic (exact) mass is 365 g/mol. The normalized spacial score (nSPS) is 17.0. The Hall–Kier alpha value is -1.92. The third-order valence-electron chi connectivity index (χ3n) is 4.73. The molecule has 1 heterocycles. The zero-order valence-corrected chi connectivity index (χ0v) is 16.1. The summed E-state index contributed by atoms with van der Waals surface area (Å²) in [6, 6.07) is 0. The number of nitrogens with zero attached hydrogens (tertiary/aromatic N) is 2. The topological polar surface area (TPSA) is 108 Å². The number of ether oxygens (including phenoxy) is 1. The van der Waals surface area contributed by atoms with E-state index < -0.39 is 11.5 Å². The predicted octanol–water partition coefficient (Wildman–Crippen LogP) is 3.73. The van der Waals surface area contributed by atoms with Crippen LogP contribution in [0.15, 0.2) is 4.52 Å². The smallest absolute Gasteiger partial charge is 0.307 e. The first-order valence-corrected chi connectivity index (χ1v) is 9.60. The summed E-state index contributed by atoms with van der Waals surface area (Å²) in [5, 5.41) is 3.60. The van der Waals surface area contributed by atoms with Gasteiger partial charge in [0.05, 0.1) is 6.42 Å². The number of amides is 1. The van der Waals surface area contributed by atoms with Gasteiger partial charge >= 0.3 is 5.97 Å². The number of hydrogen-bond acceptors (Lipinski definition) is 6. The van der Waals surface area contributed by atoms with Gasteiger partial charge in [0, 0.05) is 5.92 Å². The van der Waals surface area contributed by atoms with Gasteiger partial charge < -0.3 is 15.0 Å². The first-order valence-electron chi connectivity index (χ1n) is 9.60. The number of carbonyl (C=O) groups excluding carboxylic acids is 2. The minimum Gasteiger partial charge on any atom is -0.460 e. The molecule has 0 saturated heterocycles. The summed E-state index contributed by atoms with van der Waals surface area (Å²) < 4.78 is 10.6. The second-order valence-corrected chi connectivity index (χ2v) is 8.24. The summed E-state index contributed by atoms with van der Waals surface area (Å²) in [4.78, 5) is 27.5. The van der Waals surface area contributed by atoms with Gasteiger partial charge in [0.25, 0.3) is 11.7 Å². The molecule has 1 aromatic rings. The molecule has 1 aliphatic rings. The van der Waals surface area contributed by atoms with Crippen molar-refractivity contribution in [3.8, 4) is 0 Å². The van der Waals surface area contributed by atoms with Crippen LogP contribution >= 0.6 is 0 Å². The van der Waals surface area contributed by atoms with E-state index in [2.05, 4.69) is 10.1 Å². The van der Waals surface area contributed by atoms with E-state index in [-0.39, 0.29) is 30.0 Å². The summed E-state index contributed by atoms with van der Waals surface area (Å²) in [5.41, 5.74) is 4.65. The Bertz CT molecular complexity index is 600. The van der Waals surface area contributed by atoms with Crippen molar-refractivity contribution in [1.29, 1.82) is 0 Å². The van der Waals surface area contributed by atoms with Crippen LogP contribution in [0.3, 0.4) is 0 Å². The summed E-state index contributed by atoms with van der Waals surface area (Å²) in [7, 11) is 0. The molecular formula is C19H31N3O4. The van der Waals surface area contributed by atoms with Gasteiger partial charge in [-0.05, 0) is 33.1 Å². The average Bonchev–Trinajstić information content (AvgIpc) is 3.03. The molecule has 1 unspecified atom stereocenters. The van der Waals surface area contributed by atoms with E-state index in [1.54, 1.807) is 0 Å². The lowest BCUT2D eigenvalue weighted by atomic mass is 9.84. The first kappa shape index (κ1) is 20.4. The Labute approximate surface area is 155 Å². The van der Waals surface area contributed by atoms with Crippen LogP contribution in [0, 0.1) is 5.92 Å². The zero-order valence-electron chi connectivity index (χ0n) is 16.1. The fourth-order valence-electron chi connectivity index (χ4n) is 3.53. The van der Waals surface area contributed by atoms with Crippen molar-refractivity contribution in [1.82, 2.24) is 10.1 Å². The Balaban J connectivity index is 1.97. The predicted molar refractivity (Wildman–Crippen MR) is 96.4 cm³/mol. The van der Waals surface area contributed by atoms with Gasteiger partial charge in [0.15, 0.2) is 0 Å². The molecule has 0 bridgehead atoms. The van der Waals surface area contributed by atoms with Crippen molar-refractivity contribution in [2.24, 2.45) is 11.7 Å². The number of carbonyl (C=O) groups is 2. The molecule has 0 aromatic carbocycles. The summed E-state index contributed by atoms with van der Waals surface area (Å²) in [5.74, 6) is -0.393. The van der Waals surface area contributed by atoms with Gasteiger partial charge in [0.1, 0.15) is 5.60 Å². The molecule has 0 aliphatic heterocycles. The molecule has 1 aliphatic carbocycles. The third kappa shape index (κ3) is 6.77. The Morgan fingerprint density at radius 2 is 1.96 bits per heavy atom. The third-order valence-corrected chi connectivity index (χ3v) is 4.73. The highest BCUT2D eigenvalue weighted by Gasteiger charge is 2.27. The molecule has 2 rings (SSSR count). The summed E-state index contributed by atoms with van der Waals surface area (Å²) >= 11 is 0. The number of primary amides is 1. The van der Waals surface area contributed by atoms with Crippen molar-refractivity contribution >= 4 is 11.9 Å². The van der Waals surface area contributed by atoms with E-state index in [4.69, 9.17) is 15.0 Å². The number of nitrogens with two attached hydrogens (primary N) is 1. The molecule has 0 radical (unpaired) electrons. The van der Waals surface area contributed by atoms with Gasteiger partial charge in [-0.1, -0.05) is 50.1 Å². The van der Waals surface area contributed by atoms with E-state index >= 15 is 0 Å². The van der Waals surface area contributed by atoms with Crippen LogP contribution in [-0.2, 0) is 9.53 Å². The highest BCUT2D eigenvalue weighted by molar-refractivity contribution is 5.88. The number of hydrogen-bond donors (Lipinski definition) is 1. The maximum Gasteiger partial charge on any atom is 0.307 e. The van der Waals surface area contributed by atoms with Crippen molar-refractivity contribution in [3.63, 3.8) is 0 Å². The van der Waals surface area contributed by atoms with E-state index in [9.17, 15) is 9.59 Å². The quantitative estimate of drug-likeness (QED) is 0.703. The Morgan fingerprint density at radius 1 is 1.27 bits per heavy atom. The van der Waals surface area contributed by atoms with Gasteiger partial charge in [-0.25, -0.2) is 0 Å². The lowest BCUT2D eigenvalue weighted by Crippen LogP contribution is -2.25. The van der Waals surface area contributed by atoms with Crippen molar-refractivity contribution < 1.29 is 18.8 Å². The van der Waals surface area contributed by atoms with Crippen LogP contribution in [-0.4, -0.2) is 27.6 Å². The standard InChI is InChI=1S/C19H31N3O4/c1-19(2,3)25-15(23)12-14(18-21-17(16(20)24)22-26-18)11-7-10-13-8-5-4-6-9-13/h13-14H,4-12H2,1-3H3,(H2,20,24). The molecule has 1 amide bonds. The SMILES string of the molecule is CC(C)(C)OC(=O)CC(CCCC1CCCCC1)c1nc(C(N)=O)no1. The van der Waals surface area contributed by atoms with Crippen LogP contribution in [0.4, 0.5) is 0 Å². The minimum atomic E-state index is -0.738. The molecule has 1 fully saturated rings. The Kier molecular flexibility index (Phi) is 7.17. The lowest BCUT2D eigenvalue weighted by molar-refractivity contribution is -0.155. The average molecular weight is 365 g/mol. The van der Waals surface area contributed by atoms with Crippen molar-refractivity contribution in [2.75, 3.05) is 0 Å². The maximum atomic E-state index is 12.2. The maximum absolute atomic E-state index is 12.2. The molecule has 26 heavy (non-hydrogen) atoms. The molecule has 1 saturated carbocycles. The number of rotatable bonds is 8. The molecule has 0 spiro atoms. The first-order chi connectivity index (χ1) is 12.2. The number of esters is 1. The van der Waals surface area contributed by atoms with E-state index in [0.717, 1.165) is 25.2 Å². The minimum absolute atomic E-state index is 0.151. The highest BCUT2D eigenvalue weighted by atomic mass is 16.6. The van der Waals surface area contributed by atoms with Crippen molar-refractivity contribution in [3.05, 3.63) is 11.7 Å². The molecule has 7 nitrogen and oxygen atoms in total. The zero-order chi connectivity index (χ0) is 19.2. The van der Waals surface area contributed by atoms with Gasteiger partial charge in [-0.15, -0.1) is 0 Å². The van der Waals surface area contributed by atoms with E-state index in [1.807, 2.05) is 20.8 Å². The fraction of sp³-hybridized carbons (Fsp3) is 0.789. The number of aromatic nitrogens is 2. The molecule has 2 N–H and O–H groups in total. The summed E-state index contributed by atoms with van der Waals surface area (Å²) in [6.07, 6.45) is 9.59. The highest BCUT2D eigenvalue weighted by Crippen LogP contribution is 2.31. The summed E-state index contributed by atoms with van der Waals surface area (Å²) in [6.45, 7) is 5.50. The second kappa shape index (κ2) is 9.14. The molecule has 146 valence electrons. The van der Waals surface area contributed by atoms with Crippen LogP contribution in [0.1, 0.15) is 101 Å². The van der Waals surface area contributed by atoms with Crippen molar-refractivity contribution in [2.45, 2.75) is 90.1 Å². The van der Waals surface area contributed by atoms with Crippen LogP contribution in [0.2, 0.25) is 0 Å². The van der Waals surface area contributed by atoms with E-state index in [1.165, 1.54) is 32.1 Å². The van der Waals surface area contributed by atoms with Gasteiger partial charge in [0.2, 0.25) is 5.89 Å². The van der Waals surface area contributed by atoms with Gasteiger partial charge in [-0.3, -0.25) is 9.59 Å². The second-order valence-electron chi connectivity index (χ2n) is 8.24. The molecule has 1 aromatic heterocycles. The van der Waals surface area contributed by atoms with Crippen LogP contribution in [0.25, 0.3) is 0 Å². The Morgan fingerprint density at radius 3 is 2.54 bits per heavy atom. The molecular weight excluding hydrogens is 334 g/mol. The largest absolute Gasteiger partial charge is 0.460 e. The lowest BCUT2D eigenvalue weighted by Gasteiger charge is -2.23.